The van der Waals surface area contributed by atoms with Crippen molar-refractivity contribution in [1.29, 1.82) is 0 Å². The quantitative estimate of drug-likeness (QED) is 0.451. The van der Waals surface area contributed by atoms with Gasteiger partial charge in [-0.05, 0) is 18.4 Å². The SMILES string of the molecule is CC1(N)C=CSN1. The van der Waals surface area contributed by atoms with Gasteiger partial charge in [-0.2, -0.15) is 0 Å². The molecule has 2 nitrogen and oxygen atoms in total. The lowest BCUT2D eigenvalue weighted by Gasteiger charge is -2.12. The molecule has 0 spiro atoms. The molecule has 0 aromatic carbocycles. The van der Waals surface area contributed by atoms with E-state index in [1.807, 2.05) is 18.4 Å². The zero-order chi connectivity index (χ0) is 5.33. The van der Waals surface area contributed by atoms with Crippen LogP contribution in [0.4, 0.5) is 0 Å². The first-order valence-electron chi connectivity index (χ1n) is 2.10. The predicted octanol–water partition coefficient (Wildman–Crippen LogP) is 0.426. The van der Waals surface area contributed by atoms with Crippen LogP contribution in [-0.4, -0.2) is 5.66 Å². The van der Waals surface area contributed by atoms with Crippen molar-refractivity contribution >= 4 is 11.9 Å². The van der Waals surface area contributed by atoms with Crippen molar-refractivity contribution in [3.63, 3.8) is 0 Å². The standard InChI is InChI=1S/C4H8N2S/c1-4(5)2-3-7-6-4/h2-3,6H,5H2,1H3. The third kappa shape index (κ3) is 1.19. The third-order valence-electron chi connectivity index (χ3n) is 0.761. The van der Waals surface area contributed by atoms with Crippen LogP contribution in [-0.2, 0) is 0 Å². The highest BCUT2D eigenvalue weighted by Crippen LogP contribution is 2.13. The number of nitrogens with two attached hydrogens (primary N) is 1. The van der Waals surface area contributed by atoms with Gasteiger partial charge in [-0.1, -0.05) is 11.9 Å². The van der Waals surface area contributed by atoms with Crippen LogP contribution in [0.25, 0.3) is 0 Å². The van der Waals surface area contributed by atoms with Gasteiger partial charge in [0.15, 0.2) is 0 Å². The Morgan fingerprint density at radius 3 is 2.71 bits per heavy atom. The van der Waals surface area contributed by atoms with Gasteiger partial charge >= 0.3 is 0 Å². The molecule has 3 heteroatoms. The lowest BCUT2D eigenvalue weighted by Crippen LogP contribution is -2.42. The van der Waals surface area contributed by atoms with Crippen molar-refractivity contribution in [2.24, 2.45) is 5.73 Å². The van der Waals surface area contributed by atoms with Crippen LogP contribution >= 0.6 is 11.9 Å². The number of hydrogen-bond donors (Lipinski definition) is 2. The first-order chi connectivity index (χ1) is 3.21. The zero-order valence-corrected chi connectivity index (χ0v) is 4.96. The molecule has 1 atom stereocenters. The molecule has 1 rings (SSSR count). The molecular weight excluding hydrogens is 108 g/mol. The Morgan fingerprint density at radius 2 is 2.57 bits per heavy atom. The van der Waals surface area contributed by atoms with Gasteiger partial charge in [0.1, 0.15) is 0 Å². The molecule has 0 aromatic rings. The van der Waals surface area contributed by atoms with E-state index < -0.39 is 0 Å². The molecule has 0 fully saturated rings. The summed E-state index contributed by atoms with van der Waals surface area (Å²) in [6, 6.07) is 0. The zero-order valence-electron chi connectivity index (χ0n) is 4.14. The van der Waals surface area contributed by atoms with Crippen molar-refractivity contribution < 1.29 is 0 Å². The minimum atomic E-state index is -0.273. The summed E-state index contributed by atoms with van der Waals surface area (Å²) in [5, 5.41) is 1.94. The number of hydrogen-bond acceptors (Lipinski definition) is 3. The number of rotatable bonds is 0. The van der Waals surface area contributed by atoms with E-state index in [-0.39, 0.29) is 5.66 Å². The highest BCUT2D eigenvalue weighted by atomic mass is 32.2. The molecule has 0 aliphatic carbocycles. The molecule has 1 unspecified atom stereocenters. The Bertz CT molecular complexity index is 97.9. The topological polar surface area (TPSA) is 38.0 Å². The van der Waals surface area contributed by atoms with E-state index in [2.05, 4.69) is 4.72 Å². The smallest absolute Gasteiger partial charge is 0.0927 e. The minimum Gasteiger partial charge on any atom is -0.310 e. The average molecular weight is 116 g/mol. The van der Waals surface area contributed by atoms with E-state index in [9.17, 15) is 0 Å². The molecule has 0 aromatic heterocycles. The maximum Gasteiger partial charge on any atom is 0.0927 e. The van der Waals surface area contributed by atoms with Gasteiger partial charge < -0.3 is 5.73 Å². The highest BCUT2D eigenvalue weighted by Gasteiger charge is 2.16. The van der Waals surface area contributed by atoms with Crippen LogP contribution in [0, 0.1) is 0 Å². The van der Waals surface area contributed by atoms with Crippen LogP contribution in [0.15, 0.2) is 11.5 Å². The molecule has 0 saturated heterocycles. The molecule has 1 heterocycles. The summed E-state index contributed by atoms with van der Waals surface area (Å²) < 4.78 is 2.98. The predicted molar refractivity (Wildman–Crippen MR) is 32.5 cm³/mol. The number of nitrogens with one attached hydrogen (secondary N) is 1. The Labute approximate surface area is 47.3 Å². The minimum absolute atomic E-state index is 0.273. The molecule has 0 saturated carbocycles. The highest BCUT2D eigenvalue weighted by molar-refractivity contribution is 8.00. The molecule has 1 aliphatic heterocycles. The van der Waals surface area contributed by atoms with Gasteiger partial charge in [-0.3, -0.25) is 0 Å². The van der Waals surface area contributed by atoms with Crippen LogP contribution in [0.3, 0.4) is 0 Å². The van der Waals surface area contributed by atoms with Gasteiger partial charge in [-0.15, -0.1) is 0 Å². The summed E-state index contributed by atoms with van der Waals surface area (Å²) in [6.45, 7) is 1.92. The van der Waals surface area contributed by atoms with Gasteiger partial charge in [0.2, 0.25) is 0 Å². The van der Waals surface area contributed by atoms with Crippen LogP contribution in [0.2, 0.25) is 0 Å². The third-order valence-corrected chi connectivity index (χ3v) is 1.59. The first-order valence-corrected chi connectivity index (χ1v) is 2.98. The van der Waals surface area contributed by atoms with E-state index in [1.165, 1.54) is 11.9 Å². The maximum atomic E-state index is 5.56. The average Bonchev–Trinajstić information content (AvgIpc) is 1.84. The Balaban J connectivity index is 2.57. The summed E-state index contributed by atoms with van der Waals surface area (Å²) in [6.07, 6.45) is 1.93. The summed E-state index contributed by atoms with van der Waals surface area (Å²) in [5.74, 6) is 0. The Hall–Kier alpha value is 0.01000. The maximum absolute atomic E-state index is 5.56. The van der Waals surface area contributed by atoms with Crippen molar-refractivity contribution in [1.82, 2.24) is 4.72 Å². The van der Waals surface area contributed by atoms with Gasteiger partial charge in [0.25, 0.3) is 0 Å². The molecule has 40 valence electrons. The van der Waals surface area contributed by atoms with Crippen LogP contribution in [0.5, 0.6) is 0 Å². The second-order valence-electron chi connectivity index (χ2n) is 1.81. The molecule has 3 N–H and O–H groups in total. The van der Waals surface area contributed by atoms with Crippen molar-refractivity contribution in [2.45, 2.75) is 12.6 Å². The summed E-state index contributed by atoms with van der Waals surface area (Å²) in [5.41, 5.74) is 5.29. The molecule has 1 aliphatic rings. The molecule has 0 bridgehead atoms. The van der Waals surface area contributed by atoms with Gasteiger partial charge in [-0.25, -0.2) is 4.72 Å². The van der Waals surface area contributed by atoms with E-state index in [1.54, 1.807) is 0 Å². The second-order valence-corrected chi connectivity index (χ2v) is 2.52. The molecule has 7 heavy (non-hydrogen) atoms. The van der Waals surface area contributed by atoms with E-state index >= 15 is 0 Å². The Kier molecular flexibility index (Phi) is 1.11. The fourth-order valence-electron chi connectivity index (χ4n) is 0.370. The molecule has 0 radical (unpaired) electrons. The van der Waals surface area contributed by atoms with E-state index in [0.29, 0.717) is 0 Å². The lowest BCUT2D eigenvalue weighted by molar-refractivity contribution is 0.581. The monoisotopic (exact) mass is 116 g/mol. The summed E-state index contributed by atoms with van der Waals surface area (Å²) in [4.78, 5) is 0. The summed E-state index contributed by atoms with van der Waals surface area (Å²) in [7, 11) is 0. The molecular formula is C4H8N2S. The van der Waals surface area contributed by atoms with Gasteiger partial charge in [0, 0.05) is 0 Å². The fraction of sp³-hybridized carbons (Fsp3) is 0.500. The van der Waals surface area contributed by atoms with E-state index in [4.69, 9.17) is 5.73 Å². The van der Waals surface area contributed by atoms with Crippen molar-refractivity contribution in [3.8, 4) is 0 Å². The van der Waals surface area contributed by atoms with Crippen LogP contribution < -0.4 is 10.5 Å². The van der Waals surface area contributed by atoms with Gasteiger partial charge in [0.05, 0.1) is 5.66 Å². The Morgan fingerprint density at radius 1 is 1.86 bits per heavy atom. The van der Waals surface area contributed by atoms with E-state index in [0.717, 1.165) is 0 Å². The van der Waals surface area contributed by atoms with Crippen LogP contribution in [0.1, 0.15) is 6.92 Å². The first kappa shape index (κ1) is 5.15. The lowest BCUT2D eigenvalue weighted by atomic mass is 10.2. The fourth-order valence-corrected chi connectivity index (χ4v) is 1.11. The van der Waals surface area contributed by atoms with Crippen molar-refractivity contribution in [3.05, 3.63) is 11.5 Å². The summed E-state index contributed by atoms with van der Waals surface area (Å²) >= 11 is 1.53. The largest absolute Gasteiger partial charge is 0.310 e. The molecule has 0 amide bonds. The normalized spacial score (nSPS) is 39.7. The second kappa shape index (κ2) is 1.51. The van der Waals surface area contributed by atoms with Crippen molar-refractivity contribution in [2.75, 3.05) is 0 Å².